The molecule has 1 N–H and O–H groups in total. The summed E-state index contributed by atoms with van der Waals surface area (Å²) in [5, 5.41) is 14.0. The third kappa shape index (κ3) is 4.93. The summed E-state index contributed by atoms with van der Waals surface area (Å²) in [5.74, 6) is -7.53. The number of halogens is 4. The first-order chi connectivity index (χ1) is 20.9. The average molecular weight is 612 g/mol. The lowest BCUT2D eigenvalue weighted by Crippen LogP contribution is -2.64. The summed E-state index contributed by atoms with van der Waals surface area (Å²) in [4.78, 5) is 58.8. The fraction of sp³-hybridized carbons (Fsp3) is 0.333. The van der Waals surface area contributed by atoms with Gasteiger partial charge >= 0.3 is 0 Å². The van der Waals surface area contributed by atoms with Gasteiger partial charge in [-0.2, -0.15) is 0 Å². The van der Waals surface area contributed by atoms with E-state index in [1.165, 1.54) is 0 Å². The van der Waals surface area contributed by atoms with E-state index in [1.54, 1.807) is 24.3 Å². The monoisotopic (exact) mass is 611 g/mol. The van der Waals surface area contributed by atoms with Gasteiger partial charge in [-0.25, -0.2) is 22.5 Å². The molecule has 1 aliphatic heterocycles. The zero-order valence-corrected chi connectivity index (χ0v) is 23.0. The Hall–Kier alpha value is -4.88. The summed E-state index contributed by atoms with van der Waals surface area (Å²) in [5.41, 5.74) is -1.65. The van der Waals surface area contributed by atoms with E-state index in [0.717, 1.165) is 40.3 Å². The summed E-state index contributed by atoms with van der Waals surface area (Å²) >= 11 is 0. The Kier molecular flexibility index (Phi) is 7.09. The van der Waals surface area contributed by atoms with Crippen LogP contribution in [0.3, 0.4) is 0 Å². The number of aromatic nitrogens is 1. The minimum atomic E-state index is -2.96. The molecule has 6 rings (SSSR count). The molecule has 2 heterocycles. The van der Waals surface area contributed by atoms with Gasteiger partial charge in [0.2, 0.25) is 5.91 Å². The van der Waals surface area contributed by atoms with Crippen LogP contribution in [0.4, 0.5) is 34.8 Å². The van der Waals surface area contributed by atoms with Gasteiger partial charge in [-0.1, -0.05) is 24.3 Å². The Morgan fingerprint density at radius 3 is 2.43 bits per heavy atom. The normalized spacial score (nSPS) is 22.3. The van der Waals surface area contributed by atoms with E-state index >= 15 is 0 Å². The highest BCUT2D eigenvalue weighted by molar-refractivity contribution is 6.12. The van der Waals surface area contributed by atoms with Crippen molar-refractivity contribution in [2.45, 2.75) is 62.1 Å². The van der Waals surface area contributed by atoms with Crippen LogP contribution in [0.5, 0.6) is 0 Å². The molecule has 0 spiro atoms. The van der Waals surface area contributed by atoms with E-state index in [9.17, 15) is 42.1 Å². The quantitative estimate of drug-likeness (QED) is 0.237. The Bertz CT molecular complexity index is 1680. The van der Waals surface area contributed by atoms with Crippen LogP contribution in [-0.2, 0) is 26.3 Å². The fourth-order valence-corrected chi connectivity index (χ4v) is 6.44. The number of hydrogen-bond donors (Lipinski definition) is 1. The van der Waals surface area contributed by atoms with Gasteiger partial charge in [0.15, 0.2) is 5.54 Å². The first-order valence-corrected chi connectivity index (χ1v) is 13.9. The number of hydrogen-bond acceptors (Lipinski definition) is 6. The standard InChI is InChI=1S/C30H25F4N5O5/c31-18-11-19(32)13-22(12-18)38(27(41)24-5-6-26(40)37(24)25-14-21(39(43)44)8-10-35-25)30(9-7-17-3-1-2-4-23(17)30)28(42)36-20-15-29(33,34)16-20/h1-4,8,10-14,20,24H,5-7,9,15-16H2,(H,36,42)/t24-,30-/m0/s1. The number of anilines is 2. The average Bonchev–Trinajstić information content (AvgIpc) is 3.53. The van der Waals surface area contributed by atoms with Crippen molar-refractivity contribution in [2.75, 3.05) is 9.80 Å². The van der Waals surface area contributed by atoms with Crippen molar-refractivity contribution in [2.24, 2.45) is 0 Å². The number of nitro groups is 1. The smallest absolute Gasteiger partial charge is 0.274 e. The van der Waals surface area contributed by atoms with Gasteiger partial charge in [-0.05, 0) is 42.5 Å². The highest BCUT2D eigenvalue weighted by Gasteiger charge is 2.57. The topological polar surface area (TPSA) is 126 Å². The maximum atomic E-state index is 14.7. The number of nitrogens with zero attached hydrogens (tertiary/aromatic N) is 4. The van der Waals surface area contributed by atoms with Crippen LogP contribution < -0.4 is 15.1 Å². The molecule has 1 aromatic heterocycles. The van der Waals surface area contributed by atoms with Crippen LogP contribution in [0.2, 0.25) is 0 Å². The first-order valence-electron chi connectivity index (χ1n) is 13.9. The van der Waals surface area contributed by atoms with Crippen LogP contribution in [0.25, 0.3) is 0 Å². The van der Waals surface area contributed by atoms with Gasteiger partial charge in [0.1, 0.15) is 23.5 Å². The van der Waals surface area contributed by atoms with Crippen LogP contribution in [-0.4, -0.2) is 45.6 Å². The van der Waals surface area contributed by atoms with E-state index in [2.05, 4.69) is 10.3 Å². The van der Waals surface area contributed by atoms with E-state index in [-0.39, 0.29) is 42.9 Å². The van der Waals surface area contributed by atoms with Crippen molar-refractivity contribution in [1.82, 2.24) is 10.3 Å². The van der Waals surface area contributed by atoms with Crippen LogP contribution in [0.15, 0.2) is 60.8 Å². The molecule has 0 unspecified atom stereocenters. The minimum absolute atomic E-state index is 0.0547. The molecule has 2 fully saturated rings. The van der Waals surface area contributed by atoms with Gasteiger partial charge in [-0.15, -0.1) is 0 Å². The summed E-state index contributed by atoms with van der Waals surface area (Å²) in [6, 6.07) is 8.88. The highest BCUT2D eigenvalue weighted by Crippen LogP contribution is 2.47. The largest absolute Gasteiger partial charge is 0.351 e. The number of fused-ring (bicyclic) bond motifs is 1. The minimum Gasteiger partial charge on any atom is -0.351 e. The summed E-state index contributed by atoms with van der Waals surface area (Å²) in [7, 11) is 0. The molecule has 2 aromatic carbocycles. The zero-order valence-electron chi connectivity index (χ0n) is 23.0. The number of aryl methyl sites for hydroxylation is 1. The summed E-state index contributed by atoms with van der Waals surface area (Å²) in [6.45, 7) is 0. The van der Waals surface area contributed by atoms with Gasteiger partial charge in [0.25, 0.3) is 23.4 Å². The molecule has 3 aliphatic rings. The number of alkyl halides is 2. The predicted octanol–water partition coefficient (Wildman–Crippen LogP) is 4.55. The van der Waals surface area contributed by atoms with Gasteiger partial charge < -0.3 is 5.32 Å². The van der Waals surface area contributed by atoms with Crippen LogP contribution in [0.1, 0.15) is 43.2 Å². The second-order valence-electron chi connectivity index (χ2n) is 11.2. The lowest BCUT2D eigenvalue weighted by atomic mass is 9.83. The van der Waals surface area contributed by atoms with Crippen molar-refractivity contribution in [3.8, 4) is 0 Å². The van der Waals surface area contributed by atoms with Gasteiger partial charge in [0.05, 0.1) is 16.7 Å². The van der Waals surface area contributed by atoms with Crippen LogP contribution >= 0.6 is 0 Å². The number of benzene rings is 2. The van der Waals surface area contributed by atoms with E-state index < -0.39 is 70.7 Å². The van der Waals surface area contributed by atoms with E-state index in [4.69, 9.17) is 0 Å². The number of nitrogens with one attached hydrogen (secondary N) is 1. The maximum Gasteiger partial charge on any atom is 0.274 e. The molecule has 0 bridgehead atoms. The lowest BCUT2D eigenvalue weighted by molar-refractivity contribution is -0.384. The number of rotatable bonds is 7. The molecule has 44 heavy (non-hydrogen) atoms. The summed E-state index contributed by atoms with van der Waals surface area (Å²) < 4.78 is 56.9. The number of pyridine rings is 1. The van der Waals surface area contributed by atoms with Crippen molar-refractivity contribution in [3.63, 3.8) is 0 Å². The number of amides is 3. The number of carbonyl (C=O) groups excluding carboxylic acids is 3. The second kappa shape index (κ2) is 10.7. The molecular weight excluding hydrogens is 586 g/mol. The molecule has 2 aliphatic carbocycles. The van der Waals surface area contributed by atoms with Crippen LogP contribution in [0, 0.1) is 21.7 Å². The van der Waals surface area contributed by atoms with Gasteiger partial charge in [-0.3, -0.25) is 34.3 Å². The third-order valence-corrected chi connectivity index (χ3v) is 8.41. The van der Waals surface area contributed by atoms with Gasteiger partial charge in [0, 0.05) is 43.6 Å². The molecule has 2 atom stereocenters. The highest BCUT2D eigenvalue weighted by atomic mass is 19.3. The Balaban J connectivity index is 1.50. The molecule has 0 radical (unpaired) electrons. The molecule has 14 heteroatoms. The molecule has 228 valence electrons. The molecule has 3 amide bonds. The Labute approximate surface area is 247 Å². The first kappa shape index (κ1) is 29.2. The molecule has 1 saturated heterocycles. The molecule has 10 nitrogen and oxygen atoms in total. The number of carbonyl (C=O) groups is 3. The zero-order chi connectivity index (χ0) is 31.4. The SMILES string of the molecule is O=C1CC[C@@H](C(=O)N(c2cc(F)cc(F)c2)[C@@]2(C(=O)NC3CC(F)(F)C3)CCc3ccccc32)N1c1cc([N+](=O)[O-])ccn1. The third-order valence-electron chi connectivity index (χ3n) is 8.41. The Morgan fingerprint density at radius 1 is 1.05 bits per heavy atom. The van der Waals surface area contributed by atoms with Crippen molar-refractivity contribution < 1.29 is 36.9 Å². The molecular formula is C30H25F4N5O5. The molecule has 1 saturated carbocycles. The summed E-state index contributed by atoms with van der Waals surface area (Å²) in [6.07, 6.45) is -0.141. The molecule has 3 aromatic rings. The Morgan fingerprint density at radius 2 is 1.75 bits per heavy atom. The second-order valence-corrected chi connectivity index (χ2v) is 11.2. The lowest BCUT2D eigenvalue weighted by Gasteiger charge is -2.45. The van der Waals surface area contributed by atoms with E-state index in [0.29, 0.717) is 17.2 Å². The predicted molar refractivity (Wildman–Crippen MR) is 148 cm³/mol. The van der Waals surface area contributed by atoms with E-state index in [1.807, 2.05) is 0 Å². The van der Waals surface area contributed by atoms with Crippen molar-refractivity contribution in [3.05, 3.63) is 93.7 Å². The fourth-order valence-electron chi connectivity index (χ4n) is 6.44. The maximum absolute atomic E-state index is 14.7. The van der Waals surface area contributed by atoms with Crippen molar-refractivity contribution >= 4 is 34.9 Å². The van der Waals surface area contributed by atoms with Crippen molar-refractivity contribution in [1.29, 1.82) is 0 Å².